The molecule has 1 amide bonds. The van der Waals surface area contributed by atoms with E-state index in [9.17, 15) is 14.3 Å². The molecule has 0 bridgehead atoms. The van der Waals surface area contributed by atoms with E-state index < -0.39 is 5.60 Å². The summed E-state index contributed by atoms with van der Waals surface area (Å²) in [6.07, 6.45) is 1.04. The minimum atomic E-state index is -0.898. The fourth-order valence-corrected chi connectivity index (χ4v) is 3.77. The first-order valence-electron chi connectivity index (χ1n) is 7.25. The predicted octanol–water partition coefficient (Wildman–Crippen LogP) is 2.62. The molecular weight excluding hydrogens is 305 g/mol. The molecule has 0 saturated carbocycles. The molecule has 6 heteroatoms. The van der Waals surface area contributed by atoms with Gasteiger partial charge in [-0.25, -0.2) is 4.39 Å². The average Bonchev–Trinajstić information content (AvgIpc) is 2.83. The van der Waals surface area contributed by atoms with Gasteiger partial charge in [-0.1, -0.05) is 0 Å². The summed E-state index contributed by atoms with van der Waals surface area (Å²) in [5.41, 5.74) is -0.124. The van der Waals surface area contributed by atoms with Crippen LogP contribution in [0, 0.1) is 12.7 Å². The summed E-state index contributed by atoms with van der Waals surface area (Å²) in [5, 5.41) is 13.9. The first-order chi connectivity index (χ1) is 10.5. The van der Waals surface area contributed by atoms with Crippen molar-refractivity contribution in [1.82, 2.24) is 5.32 Å². The highest BCUT2D eigenvalue weighted by Gasteiger charge is 2.30. The predicted molar refractivity (Wildman–Crippen MR) is 83.9 cm³/mol. The molecule has 0 spiro atoms. The van der Waals surface area contributed by atoms with E-state index in [-0.39, 0.29) is 18.3 Å². The standard InChI is InChI=1S/C16H18FNO3S/c1-10-12-8-11(17)2-3-13(12)22-14(10)15(19)18-9-16(20)4-6-21-7-5-16/h2-3,8,20H,4-7,9H2,1H3,(H,18,19). The fraction of sp³-hybridized carbons (Fsp3) is 0.438. The maximum Gasteiger partial charge on any atom is 0.261 e. The van der Waals surface area contributed by atoms with Gasteiger partial charge in [-0.15, -0.1) is 11.3 Å². The molecule has 0 atom stereocenters. The Bertz CT molecular complexity index is 707. The second-order valence-corrected chi connectivity index (χ2v) is 6.77. The van der Waals surface area contributed by atoms with E-state index in [1.54, 1.807) is 6.07 Å². The summed E-state index contributed by atoms with van der Waals surface area (Å²) >= 11 is 1.34. The third-order valence-electron chi connectivity index (χ3n) is 4.11. The van der Waals surface area contributed by atoms with Crippen LogP contribution in [0.5, 0.6) is 0 Å². The Hall–Kier alpha value is -1.50. The fourth-order valence-electron chi connectivity index (χ4n) is 2.66. The van der Waals surface area contributed by atoms with Crippen LogP contribution in [0.25, 0.3) is 10.1 Å². The second kappa shape index (κ2) is 5.95. The van der Waals surface area contributed by atoms with Gasteiger partial charge in [-0.3, -0.25) is 4.79 Å². The molecule has 2 aromatic rings. The van der Waals surface area contributed by atoms with Crippen LogP contribution in [0.15, 0.2) is 18.2 Å². The zero-order chi connectivity index (χ0) is 15.7. The molecule has 0 aliphatic carbocycles. The van der Waals surface area contributed by atoms with Crippen LogP contribution in [0.2, 0.25) is 0 Å². The van der Waals surface area contributed by atoms with Gasteiger partial charge in [0.2, 0.25) is 0 Å². The molecule has 1 aromatic carbocycles. The Morgan fingerprint density at radius 2 is 2.18 bits per heavy atom. The number of aliphatic hydroxyl groups is 1. The van der Waals surface area contributed by atoms with E-state index >= 15 is 0 Å². The van der Waals surface area contributed by atoms with Crippen LogP contribution in [-0.4, -0.2) is 36.4 Å². The van der Waals surface area contributed by atoms with Crippen molar-refractivity contribution in [2.24, 2.45) is 0 Å². The summed E-state index contributed by atoms with van der Waals surface area (Å²) in [5.74, 6) is -0.532. The zero-order valence-electron chi connectivity index (χ0n) is 12.3. The number of ether oxygens (including phenoxy) is 1. The van der Waals surface area contributed by atoms with Gasteiger partial charge in [0, 0.05) is 37.3 Å². The SMILES string of the molecule is Cc1c(C(=O)NCC2(O)CCOCC2)sc2ccc(F)cc12. The van der Waals surface area contributed by atoms with E-state index in [1.165, 1.54) is 23.5 Å². The maximum absolute atomic E-state index is 13.3. The van der Waals surface area contributed by atoms with E-state index in [0.29, 0.717) is 30.9 Å². The molecule has 2 N–H and O–H groups in total. The number of nitrogens with one attached hydrogen (secondary N) is 1. The Morgan fingerprint density at radius 3 is 2.91 bits per heavy atom. The molecule has 0 unspecified atom stereocenters. The van der Waals surface area contributed by atoms with Crippen molar-refractivity contribution in [2.75, 3.05) is 19.8 Å². The van der Waals surface area contributed by atoms with Crippen molar-refractivity contribution in [2.45, 2.75) is 25.4 Å². The van der Waals surface area contributed by atoms with Crippen LogP contribution >= 0.6 is 11.3 Å². The molecule has 0 radical (unpaired) electrons. The molecule has 4 nitrogen and oxygen atoms in total. The van der Waals surface area contributed by atoms with Gasteiger partial charge in [-0.05, 0) is 36.1 Å². The smallest absolute Gasteiger partial charge is 0.261 e. The number of fused-ring (bicyclic) bond motifs is 1. The van der Waals surface area contributed by atoms with Crippen LogP contribution < -0.4 is 5.32 Å². The number of amides is 1. The van der Waals surface area contributed by atoms with E-state index in [4.69, 9.17) is 4.74 Å². The molecule has 1 aromatic heterocycles. The van der Waals surface area contributed by atoms with Crippen molar-refractivity contribution < 1.29 is 19.0 Å². The minimum Gasteiger partial charge on any atom is -0.388 e. The van der Waals surface area contributed by atoms with E-state index in [2.05, 4.69) is 5.32 Å². The van der Waals surface area contributed by atoms with Gasteiger partial charge in [-0.2, -0.15) is 0 Å². The number of thiophene rings is 1. The summed E-state index contributed by atoms with van der Waals surface area (Å²) < 4.78 is 19.4. The zero-order valence-corrected chi connectivity index (χ0v) is 13.1. The summed E-state index contributed by atoms with van der Waals surface area (Å²) in [4.78, 5) is 12.9. The van der Waals surface area contributed by atoms with Gasteiger partial charge < -0.3 is 15.2 Å². The number of aryl methyl sites for hydroxylation is 1. The Morgan fingerprint density at radius 1 is 1.45 bits per heavy atom. The molecule has 3 rings (SSSR count). The van der Waals surface area contributed by atoms with E-state index in [1.807, 2.05) is 6.92 Å². The highest BCUT2D eigenvalue weighted by atomic mass is 32.1. The molecule has 1 aliphatic rings. The quantitative estimate of drug-likeness (QED) is 0.913. The number of carbonyl (C=O) groups excluding carboxylic acids is 1. The number of carbonyl (C=O) groups is 1. The third-order valence-corrected chi connectivity index (χ3v) is 5.38. The maximum atomic E-state index is 13.3. The Balaban J connectivity index is 1.76. The van der Waals surface area contributed by atoms with Crippen LogP contribution in [0.3, 0.4) is 0 Å². The second-order valence-electron chi connectivity index (χ2n) is 5.72. The van der Waals surface area contributed by atoms with Crippen LogP contribution in [0.4, 0.5) is 4.39 Å². The average molecular weight is 323 g/mol. The topological polar surface area (TPSA) is 58.6 Å². The van der Waals surface area contributed by atoms with Crippen molar-refractivity contribution in [1.29, 1.82) is 0 Å². The summed E-state index contributed by atoms with van der Waals surface area (Å²) in [7, 11) is 0. The minimum absolute atomic E-state index is 0.206. The highest BCUT2D eigenvalue weighted by molar-refractivity contribution is 7.21. The lowest BCUT2D eigenvalue weighted by molar-refractivity contribution is -0.0605. The van der Waals surface area contributed by atoms with Crippen molar-refractivity contribution in [3.05, 3.63) is 34.5 Å². The van der Waals surface area contributed by atoms with Crippen molar-refractivity contribution in [3.8, 4) is 0 Å². The monoisotopic (exact) mass is 323 g/mol. The van der Waals surface area contributed by atoms with Gasteiger partial charge >= 0.3 is 0 Å². The van der Waals surface area contributed by atoms with Gasteiger partial charge in [0.15, 0.2) is 0 Å². The number of hydrogen-bond acceptors (Lipinski definition) is 4. The van der Waals surface area contributed by atoms with Crippen molar-refractivity contribution in [3.63, 3.8) is 0 Å². The molecule has 1 aliphatic heterocycles. The normalized spacial score (nSPS) is 17.6. The first-order valence-corrected chi connectivity index (χ1v) is 8.07. The third kappa shape index (κ3) is 2.99. The molecular formula is C16H18FNO3S. The molecule has 118 valence electrons. The number of hydrogen-bond donors (Lipinski definition) is 2. The number of halogens is 1. The first kappa shape index (κ1) is 15.4. The summed E-state index contributed by atoms with van der Waals surface area (Å²) in [6.45, 7) is 3.04. The Kier molecular flexibility index (Phi) is 4.16. The molecule has 1 saturated heterocycles. The van der Waals surface area contributed by atoms with Gasteiger partial charge in [0.25, 0.3) is 5.91 Å². The van der Waals surface area contributed by atoms with E-state index in [0.717, 1.165) is 15.6 Å². The lowest BCUT2D eigenvalue weighted by Crippen LogP contribution is -2.46. The molecule has 2 heterocycles. The molecule has 22 heavy (non-hydrogen) atoms. The van der Waals surface area contributed by atoms with Gasteiger partial charge in [0.1, 0.15) is 5.82 Å². The van der Waals surface area contributed by atoms with Crippen LogP contribution in [0.1, 0.15) is 28.1 Å². The van der Waals surface area contributed by atoms with Gasteiger partial charge in [0.05, 0.1) is 10.5 Å². The largest absolute Gasteiger partial charge is 0.388 e. The lowest BCUT2D eigenvalue weighted by Gasteiger charge is -2.32. The number of benzene rings is 1. The summed E-state index contributed by atoms with van der Waals surface area (Å²) in [6, 6.07) is 4.53. The van der Waals surface area contributed by atoms with Crippen LogP contribution in [-0.2, 0) is 4.74 Å². The Labute approximate surface area is 131 Å². The highest BCUT2D eigenvalue weighted by Crippen LogP contribution is 2.31. The molecule has 1 fully saturated rings. The lowest BCUT2D eigenvalue weighted by atomic mass is 9.94. The number of rotatable bonds is 3. The van der Waals surface area contributed by atoms with Crippen molar-refractivity contribution >= 4 is 27.3 Å².